The molecule has 1 aromatic carbocycles. The zero-order valence-electron chi connectivity index (χ0n) is 11.8. The van der Waals surface area contributed by atoms with Crippen molar-refractivity contribution in [1.29, 1.82) is 5.26 Å². The lowest BCUT2D eigenvalue weighted by atomic mass is 9.74. The van der Waals surface area contributed by atoms with Crippen molar-refractivity contribution in [2.24, 2.45) is 0 Å². The maximum atomic E-state index is 12.5. The lowest BCUT2D eigenvalue weighted by Gasteiger charge is -2.42. The Morgan fingerprint density at radius 1 is 1.23 bits per heavy atom. The van der Waals surface area contributed by atoms with Gasteiger partial charge in [0, 0.05) is 16.2 Å². The van der Waals surface area contributed by atoms with Crippen LogP contribution in [0.5, 0.6) is 0 Å². The Balaban J connectivity index is 1.81. The molecular formula is C17H14BrN3O. The molecule has 0 saturated heterocycles. The van der Waals surface area contributed by atoms with E-state index in [4.69, 9.17) is 5.26 Å². The average molecular weight is 356 g/mol. The molecule has 1 N–H and O–H groups in total. The SMILES string of the molecule is N#Cc1ccc(C(=O)NC2(c3ccc(Br)cn3)CCC2)cc1. The first-order valence-electron chi connectivity index (χ1n) is 7.08. The molecule has 4 nitrogen and oxygen atoms in total. The van der Waals surface area contributed by atoms with E-state index in [1.54, 1.807) is 30.5 Å². The molecule has 110 valence electrons. The van der Waals surface area contributed by atoms with Gasteiger partial charge in [0.2, 0.25) is 0 Å². The van der Waals surface area contributed by atoms with Gasteiger partial charge in [-0.2, -0.15) is 5.26 Å². The second-order valence-corrected chi connectivity index (χ2v) is 6.36. The molecule has 5 heteroatoms. The van der Waals surface area contributed by atoms with E-state index in [0.29, 0.717) is 11.1 Å². The first-order valence-corrected chi connectivity index (χ1v) is 7.87. The van der Waals surface area contributed by atoms with Crippen molar-refractivity contribution in [3.8, 4) is 6.07 Å². The predicted molar refractivity (Wildman–Crippen MR) is 86.1 cm³/mol. The maximum absolute atomic E-state index is 12.5. The Labute approximate surface area is 137 Å². The third-order valence-corrected chi connectivity index (χ3v) is 4.52. The van der Waals surface area contributed by atoms with Crippen molar-refractivity contribution in [1.82, 2.24) is 10.3 Å². The summed E-state index contributed by atoms with van der Waals surface area (Å²) in [6.07, 6.45) is 4.61. The van der Waals surface area contributed by atoms with Gasteiger partial charge in [-0.15, -0.1) is 0 Å². The first-order chi connectivity index (χ1) is 10.6. The van der Waals surface area contributed by atoms with Crippen LogP contribution in [0.3, 0.4) is 0 Å². The summed E-state index contributed by atoms with van der Waals surface area (Å²) in [6, 6.07) is 12.6. The van der Waals surface area contributed by atoms with Crippen LogP contribution < -0.4 is 5.32 Å². The smallest absolute Gasteiger partial charge is 0.252 e. The van der Waals surface area contributed by atoms with Crippen molar-refractivity contribution in [3.05, 3.63) is 63.9 Å². The Morgan fingerprint density at radius 2 is 1.95 bits per heavy atom. The largest absolute Gasteiger partial charge is 0.341 e. The van der Waals surface area contributed by atoms with Gasteiger partial charge in [0.15, 0.2) is 0 Å². The fourth-order valence-corrected chi connectivity index (χ4v) is 2.85. The van der Waals surface area contributed by atoms with Crippen LogP contribution in [0.4, 0.5) is 0 Å². The summed E-state index contributed by atoms with van der Waals surface area (Å²) in [6.45, 7) is 0. The van der Waals surface area contributed by atoms with Crippen LogP contribution in [-0.4, -0.2) is 10.9 Å². The molecule has 1 heterocycles. The molecule has 1 saturated carbocycles. The highest BCUT2D eigenvalue weighted by Gasteiger charge is 2.41. The molecule has 1 aliphatic carbocycles. The Kier molecular flexibility index (Phi) is 3.95. The fourth-order valence-electron chi connectivity index (χ4n) is 2.62. The van der Waals surface area contributed by atoms with Crippen molar-refractivity contribution in [2.75, 3.05) is 0 Å². The maximum Gasteiger partial charge on any atom is 0.252 e. The highest BCUT2D eigenvalue weighted by Crippen LogP contribution is 2.40. The molecule has 0 spiro atoms. The van der Waals surface area contributed by atoms with E-state index in [9.17, 15) is 4.79 Å². The highest BCUT2D eigenvalue weighted by molar-refractivity contribution is 9.10. The molecule has 0 bridgehead atoms. The molecule has 0 aliphatic heterocycles. The van der Waals surface area contributed by atoms with E-state index in [-0.39, 0.29) is 11.4 Å². The van der Waals surface area contributed by atoms with Gasteiger partial charge in [-0.1, -0.05) is 0 Å². The van der Waals surface area contributed by atoms with Crippen molar-refractivity contribution in [2.45, 2.75) is 24.8 Å². The number of nitriles is 1. The number of carbonyl (C=O) groups is 1. The van der Waals surface area contributed by atoms with Crippen LogP contribution in [0.15, 0.2) is 47.1 Å². The number of pyridine rings is 1. The normalized spacial score (nSPS) is 15.5. The van der Waals surface area contributed by atoms with Gasteiger partial charge in [-0.3, -0.25) is 9.78 Å². The quantitative estimate of drug-likeness (QED) is 0.915. The molecule has 2 aromatic rings. The number of nitrogens with one attached hydrogen (secondary N) is 1. The summed E-state index contributed by atoms with van der Waals surface area (Å²) in [4.78, 5) is 16.9. The zero-order valence-corrected chi connectivity index (χ0v) is 13.4. The Bertz CT molecular complexity index is 728. The number of nitrogens with zero attached hydrogens (tertiary/aromatic N) is 2. The van der Waals surface area contributed by atoms with Crippen molar-refractivity contribution >= 4 is 21.8 Å². The fraction of sp³-hybridized carbons (Fsp3) is 0.235. The molecule has 0 unspecified atom stereocenters. The number of benzene rings is 1. The summed E-state index contributed by atoms with van der Waals surface area (Å²) in [5, 5.41) is 11.9. The Morgan fingerprint density at radius 3 is 2.45 bits per heavy atom. The van der Waals surface area contributed by atoms with Gasteiger partial charge in [0.1, 0.15) is 0 Å². The number of aromatic nitrogens is 1. The third kappa shape index (κ3) is 2.75. The molecule has 3 rings (SSSR count). The van der Waals surface area contributed by atoms with E-state index < -0.39 is 0 Å². The number of hydrogen-bond acceptors (Lipinski definition) is 3. The van der Waals surface area contributed by atoms with Crippen LogP contribution in [-0.2, 0) is 5.54 Å². The van der Waals surface area contributed by atoms with E-state index in [2.05, 4.69) is 26.2 Å². The minimum absolute atomic E-state index is 0.131. The zero-order chi connectivity index (χ0) is 15.6. The van der Waals surface area contributed by atoms with Gasteiger partial charge in [-0.25, -0.2) is 0 Å². The monoisotopic (exact) mass is 355 g/mol. The number of halogens is 1. The summed E-state index contributed by atoms with van der Waals surface area (Å²) in [5.41, 5.74) is 1.63. The molecule has 0 atom stereocenters. The number of amides is 1. The summed E-state index contributed by atoms with van der Waals surface area (Å²) in [5.74, 6) is -0.131. The second-order valence-electron chi connectivity index (χ2n) is 5.44. The van der Waals surface area contributed by atoms with Crippen LogP contribution in [0.25, 0.3) is 0 Å². The minimum atomic E-state index is -0.369. The van der Waals surface area contributed by atoms with Gasteiger partial charge in [-0.05, 0) is 71.6 Å². The lowest BCUT2D eigenvalue weighted by molar-refractivity contribution is 0.0816. The molecule has 1 amide bonds. The average Bonchev–Trinajstić information content (AvgIpc) is 2.52. The number of rotatable bonds is 3. The summed E-state index contributed by atoms with van der Waals surface area (Å²) in [7, 11) is 0. The van der Waals surface area contributed by atoms with Crippen molar-refractivity contribution < 1.29 is 4.79 Å². The molecule has 1 fully saturated rings. The van der Waals surface area contributed by atoms with Gasteiger partial charge in [0.05, 0.1) is 22.9 Å². The lowest BCUT2D eigenvalue weighted by Crippen LogP contribution is -2.51. The van der Waals surface area contributed by atoms with Crippen LogP contribution in [0.2, 0.25) is 0 Å². The van der Waals surface area contributed by atoms with Gasteiger partial charge < -0.3 is 5.32 Å². The van der Waals surface area contributed by atoms with E-state index >= 15 is 0 Å². The third-order valence-electron chi connectivity index (χ3n) is 4.05. The van der Waals surface area contributed by atoms with E-state index in [1.807, 2.05) is 18.2 Å². The van der Waals surface area contributed by atoms with Gasteiger partial charge >= 0.3 is 0 Å². The molecule has 1 aliphatic rings. The number of carbonyl (C=O) groups excluding carboxylic acids is 1. The summed E-state index contributed by atoms with van der Waals surface area (Å²) < 4.78 is 0.921. The molecule has 22 heavy (non-hydrogen) atoms. The van der Waals surface area contributed by atoms with E-state index in [1.165, 1.54) is 0 Å². The minimum Gasteiger partial charge on any atom is -0.341 e. The second kappa shape index (κ2) is 5.90. The van der Waals surface area contributed by atoms with Crippen LogP contribution in [0, 0.1) is 11.3 Å². The first kappa shape index (κ1) is 14.7. The molecule has 1 aromatic heterocycles. The molecule has 0 radical (unpaired) electrons. The summed E-state index contributed by atoms with van der Waals surface area (Å²) >= 11 is 3.38. The van der Waals surface area contributed by atoms with E-state index in [0.717, 1.165) is 29.4 Å². The van der Waals surface area contributed by atoms with Crippen LogP contribution >= 0.6 is 15.9 Å². The van der Waals surface area contributed by atoms with Crippen molar-refractivity contribution in [3.63, 3.8) is 0 Å². The van der Waals surface area contributed by atoms with Crippen LogP contribution in [0.1, 0.15) is 40.9 Å². The molecular weight excluding hydrogens is 342 g/mol. The standard InChI is InChI=1S/C17H14BrN3O/c18-14-6-7-15(20-11-14)17(8-1-9-17)21-16(22)13-4-2-12(10-19)3-5-13/h2-7,11H,1,8-9H2,(H,21,22). The van der Waals surface area contributed by atoms with Gasteiger partial charge in [0.25, 0.3) is 5.91 Å². The predicted octanol–water partition coefficient (Wildman–Crippen LogP) is 3.52. The number of hydrogen-bond donors (Lipinski definition) is 1. The topological polar surface area (TPSA) is 65.8 Å². The highest BCUT2D eigenvalue weighted by atomic mass is 79.9. The Hall–Kier alpha value is -2.19.